The summed E-state index contributed by atoms with van der Waals surface area (Å²) in [4.78, 5) is 5.36. The second-order valence-electron chi connectivity index (χ2n) is 3.31. The van der Waals surface area contributed by atoms with Crippen LogP contribution >= 0.6 is 22.9 Å². The molecule has 84 valence electrons. The summed E-state index contributed by atoms with van der Waals surface area (Å²) >= 11 is 7.53. The van der Waals surface area contributed by atoms with Crippen LogP contribution in [-0.2, 0) is 0 Å². The first-order valence-corrected chi connectivity index (χ1v) is 5.88. The molecule has 3 nitrogen and oxygen atoms in total. The zero-order chi connectivity index (χ0) is 11.7. The van der Waals surface area contributed by atoms with Gasteiger partial charge in [-0.05, 0) is 25.1 Å². The predicted octanol–water partition coefficient (Wildman–Crippen LogP) is 3.36. The molecule has 16 heavy (non-hydrogen) atoms. The highest BCUT2D eigenvalue weighted by Gasteiger charge is 2.10. The second kappa shape index (κ2) is 4.31. The summed E-state index contributed by atoms with van der Waals surface area (Å²) in [5.41, 5.74) is 7.50. The number of nitrogen functional groups attached to an aromatic ring is 1. The number of halogens is 1. The number of aromatic nitrogens is 1. The molecular weight excluding hydrogens is 244 g/mol. The van der Waals surface area contributed by atoms with E-state index in [1.165, 1.54) is 11.3 Å². The maximum Gasteiger partial charge on any atom is 0.180 e. The quantitative estimate of drug-likeness (QED) is 0.894. The van der Waals surface area contributed by atoms with E-state index in [-0.39, 0.29) is 0 Å². The smallest absolute Gasteiger partial charge is 0.180 e. The second-order valence-corrected chi connectivity index (χ2v) is 4.95. The molecule has 2 N–H and O–H groups in total. The third kappa shape index (κ3) is 1.99. The number of rotatable bonds is 2. The number of nitrogens with zero attached hydrogens (tertiary/aromatic N) is 1. The Balaban J connectivity index is 2.49. The van der Waals surface area contributed by atoms with E-state index in [0.717, 1.165) is 16.1 Å². The fraction of sp³-hybridized carbons (Fsp3) is 0.182. The van der Waals surface area contributed by atoms with E-state index in [1.54, 1.807) is 7.11 Å². The van der Waals surface area contributed by atoms with Crippen LogP contribution in [0.25, 0.3) is 11.3 Å². The lowest BCUT2D eigenvalue weighted by atomic mass is 10.1. The minimum Gasteiger partial charge on any atom is -0.495 e. The molecule has 1 aromatic heterocycles. The first-order chi connectivity index (χ1) is 7.61. The van der Waals surface area contributed by atoms with Crippen molar-refractivity contribution < 1.29 is 4.74 Å². The predicted molar refractivity (Wildman–Crippen MR) is 68.3 cm³/mol. The summed E-state index contributed by atoms with van der Waals surface area (Å²) in [7, 11) is 1.59. The van der Waals surface area contributed by atoms with Crippen LogP contribution in [0.1, 0.15) is 4.88 Å². The van der Waals surface area contributed by atoms with Crippen molar-refractivity contribution in [1.29, 1.82) is 0 Å². The maximum absolute atomic E-state index is 6.06. The number of methoxy groups -OCH3 is 1. The molecule has 0 aliphatic rings. The van der Waals surface area contributed by atoms with E-state index in [2.05, 4.69) is 4.98 Å². The van der Waals surface area contributed by atoms with Crippen LogP contribution in [0.5, 0.6) is 5.75 Å². The summed E-state index contributed by atoms with van der Waals surface area (Å²) in [6.07, 6.45) is 0. The average Bonchev–Trinajstić information content (AvgIpc) is 2.58. The van der Waals surface area contributed by atoms with Crippen LogP contribution in [0.2, 0.25) is 5.02 Å². The van der Waals surface area contributed by atoms with Gasteiger partial charge < -0.3 is 10.5 Å². The van der Waals surface area contributed by atoms with Crippen molar-refractivity contribution in [1.82, 2.24) is 4.98 Å². The lowest BCUT2D eigenvalue weighted by molar-refractivity contribution is 0.415. The fourth-order valence-corrected chi connectivity index (χ4v) is 2.47. The molecule has 2 rings (SSSR count). The Kier molecular flexibility index (Phi) is 3.03. The number of hydrogen-bond acceptors (Lipinski definition) is 4. The highest BCUT2D eigenvalue weighted by molar-refractivity contribution is 7.15. The average molecular weight is 255 g/mol. The van der Waals surface area contributed by atoms with Gasteiger partial charge in [0.25, 0.3) is 0 Å². The molecule has 0 spiro atoms. The molecule has 0 amide bonds. The van der Waals surface area contributed by atoms with Gasteiger partial charge in [-0.1, -0.05) is 11.6 Å². The van der Waals surface area contributed by atoms with Gasteiger partial charge in [-0.15, -0.1) is 11.3 Å². The van der Waals surface area contributed by atoms with E-state index >= 15 is 0 Å². The number of hydrogen-bond donors (Lipinski definition) is 1. The molecule has 2 aromatic rings. The van der Waals surface area contributed by atoms with Gasteiger partial charge >= 0.3 is 0 Å². The molecule has 0 bridgehead atoms. The maximum atomic E-state index is 6.06. The molecule has 1 heterocycles. The molecule has 0 aliphatic carbocycles. The van der Waals surface area contributed by atoms with Gasteiger partial charge in [0.05, 0.1) is 17.8 Å². The van der Waals surface area contributed by atoms with Gasteiger partial charge in [0.2, 0.25) is 0 Å². The Bertz CT molecular complexity index is 525. The van der Waals surface area contributed by atoms with Crippen molar-refractivity contribution in [2.24, 2.45) is 0 Å². The zero-order valence-electron chi connectivity index (χ0n) is 8.95. The van der Waals surface area contributed by atoms with Gasteiger partial charge in [-0.25, -0.2) is 4.98 Å². The third-order valence-electron chi connectivity index (χ3n) is 2.24. The molecule has 0 atom stereocenters. The van der Waals surface area contributed by atoms with E-state index < -0.39 is 0 Å². The highest BCUT2D eigenvalue weighted by Crippen LogP contribution is 2.33. The van der Waals surface area contributed by atoms with Crippen molar-refractivity contribution >= 4 is 28.1 Å². The van der Waals surface area contributed by atoms with Crippen LogP contribution in [0.3, 0.4) is 0 Å². The fourth-order valence-electron chi connectivity index (χ4n) is 1.50. The molecule has 0 aliphatic heterocycles. The van der Waals surface area contributed by atoms with Crippen LogP contribution in [-0.4, -0.2) is 12.1 Å². The highest BCUT2D eigenvalue weighted by atomic mass is 35.5. The van der Waals surface area contributed by atoms with Gasteiger partial charge in [-0.2, -0.15) is 0 Å². The first kappa shape index (κ1) is 11.2. The van der Waals surface area contributed by atoms with Gasteiger partial charge in [-0.3, -0.25) is 0 Å². The minimum atomic E-state index is 0.569. The topological polar surface area (TPSA) is 48.1 Å². The zero-order valence-corrected chi connectivity index (χ0v) is 10.5. The Morgan fingerprint density at radius 2 is 2.19 bits per heavy atom. The molecule has 5 heteroatoms. The number of thiazole rings is 1. The number of aryl methyl sites for hydroxylation is 1. The lowest BCUT2D eigenvalue weighted by Gasteiger charge is -2.04. The standard InChI is InChI=1S/C11H11ClN2OS/c1-6-10(14-11(13)16-6)7-3-4-9(15-2)8(12)5-7/h3-5H,1-2H3,(H2,13,14). The Morgan fingerprint density at radius 1 is 1.44 bits per heavy atom. The molecule has 0 unspecified atom stereocenters. The van der Waals surface area contributed by atoms with Crippen molar-refractivity contribution in [2.75, 3.05) is 12.8 Å². The molecule has 0 radical (unpaired) electrons. The monoisotopic (exact) mass is 254 g/mol. The number of anilines is 1. The SMILES string of the molecule is COc1ccc(-c2nc(N)sc2C)cc1Cl. The van der Waals surface area contributed by atoms with Crippen molar-refractivity contribution in [2.45, 2.75) is 6.92 Å². The molecule has 0 saturated heterocycles. The largest absolute Gasteiger partial charge is 0.495 e. The van der Waals surface area contributed by atoms with Crippen LogP contribution in [0, 0.1) is 6.92 Å². The first-order valence-electron chi connectivity index (χ1n) is 4.68. The summed E-state index contributed by atoms with van der Waals surface area (Å²) in [6, 6.07) is 5.58. The van der Waals surface area contributed by atoms with E-state index in [9.17, 15) is 0 Å². The van der Waals surface area contributed by atoms with E-state index in [4.69, 9.17) is 22.1 Å². The van der Waals surface area contributed by atoms with Gasteiger partial charge in [0.1, 0.15) is 5.75 Å². The minimum absolute atomic E-state index is 0.569. The van der Waals surface area contributed by atoms with Crippen LogP contribution in [0.15, 0.2) is 18.2 Å². The number of ether oxygens (including phenoxy) is 1. The molecule has 1 aromatic carbocycles. The van der Waals surface area contributed by atoms with Crippen molar-refractivity contribution in [3.8, 4) is 17.0 Å². The summed E-state index contributed by atoms with van der Waals surface area (Å²) in [6.45, 7) is 1.99. The summed E-state index contributed by atoms with van der Waals surface area (Å²) in [5, 5.41) is 1.14. The Morgan fingerprint density at radius 3 is 2.69 bits per heavy atom. The van der Waals surface area contributed by atoms with Crippen LogP contribution in [0.4, 0.5) is 5.13 Å². The Labute approximate surface area is 103 Å². The van der Waals surface area contributed by atoms with E-state index in [0.29, 0.717) is 15.9 Å². The summed E-state index contributed by atoms with van der Waals surface area (Å²) in [5.74, 6) is 0.659. The third-order valence-corrected chi connectivity index (χ3v) is 3.33. The van der Waals surface area contributed by atoms with Crippen LogP contribution < -0.4 is 10.5 Å². The molecule has 0 fully saturated rings. The lowest BCUT2D eigenvalue weighted by Crippen LogP contribution is -1.87. The molecular formula is C11H11ClN2OS. The number of nitrogens with two attached hydrogens (primary N) is 1. The summed E-state index contributed by atoms with van der Waals surface area (Å²) < 4.78 is 5.10. The van der Waals surface area contributed by atoms with E-state index in [1.807, 2.05) is 25.1 Å². The molecule has 0 saturated carbocycles. The van der Waals surface area contributed by atoms with Crippen molar-refractivity contribution in [3.05, 3.63) is 28.1 Å². The van der Waals surface area contributed by atoms with Crippen molar-refractivity contribution in [3.63, 3.8) is 0 Å². The van der Waals surface area contributed by atoms with Gasteiger partial charge in [0.15, 0.2) is 5.13 Å². The normalized spacial score (nSPS) is 10.4. The Hall–Kier alpha value is -1.26. The number of benzene rings is 1. The van der Waals surface area contributed by atoms with Gasteiger partial charge in [0, 0.05) is 10.4 Å².